The highest BCUT2D eigenvalue weighted by molar-refractivity contribution is 5.97. The van der Waals surface area contributed by atoms with E-state index < -0.39 is 0 Å². The van der Waals surface area contributed by atoms with Crippen molar-refractivity contribution < 1.29 is 28.5 Å². The predicted octanol–water partition coefficient (Wildman–Crippen LogP) is 2.70. The first kappa shape index (κ1) is 20.5. The molecule has 30 heavy (non-hydrogen) atoms. The fourth-order valence-electron chi connectivity index (χ4n) is 3.83. The summed E-state index contributed by atoms with van der Waals surface area (Å²) in [6, 6.07) is 13.1. The van der Waals surface area contributed by atoms with Crippen LogP contribution in [0.15, 0.2) is 42.5 Å². The molecule has 1 amide bonds. The summed E-state index contributed by atoms with van der Waals surface area (Å²) >= 11 is 0. The second kappa shape index (κ2) is 8.93. The molecule has 2 aromatic carbocycles. The van der Waals surface area contributed by atoms with Gasteiger partial charge in [-0.25, -0.2) is 0 Å². The molecule has 4 rings (SSSR count). The first-order valence-electron chi connectivity index (χ1n) is 10.0. The van der Waals surface area contributed by atoms with E-state index >= 15 is 0 Å². The SMILES string of the molecule is COc1cccc(OC2CO[C@H]3CN(C(=O)c4cc(C)ccc4OC)C[C@@H]3OC2)c1. The Morgan fingerprint density at radius 2 is 1.67 bits per heavy atom. The van der Waals surface area contributed by atoms with Crippen LogP contribution in [0.25, 0.3) is 0 Å². The summed E-state index contributed by atoms with van der Waals surface area (Å²) in [6.45, 7) is 3.71. The normalized spacial score (nSPS) is 21.6. The number of carbonyl (C=O) groups excluding carboxylic acids is 1. The van der Waals surface area contributed by atoms with Crippen LogP contribution in [-0.2, 0) is 9.47 Å². The Labute approximate surface area is 176 Å². The van der Waals surface area contributed by atoms with Gasteiger partial charge in [0, 0.05) is 19.2 Å². The Hall–Kier alpha value is -2.77. The molecule has 0 radical (unpaired) electrons. The van der Waals surface area contributed by atoms with Gasteiger partial charge in [-0.1, -0.05) is 17.7 Å². The van der Waals surface area contributed by atoms with E-state index in [4.69, 9.17) is 23.7 Å². The summed E-state index contributed by atoms with van der Waals surface area (Å²) in [5, 5.41) is 0. The third kappa shape index (κ3) is 4.37. The summed E-state index contributed by atoms with van der Waals surface area (Å²) < 4.78 is 28.7. The van der Waals surface area contributed by atoms with Crippen LogP contribution >= 0.6 is 0 Å². The molecule has 2 aliphatic rings. The van der Waals surface area contributed by atoms with Gasteiger partial charge in [-0.05, 0) is 31.2 Å². The Morgan fingerprint density at radius 3 is 2.33 bits per heavy atom. The van der Waals surface area contributed by atoms with Crippen LogP contribution < -0.4 is 14.2 Å². The van der Waals surface area contributed by atoms with Crippen molar-refractivity contribution in [2.45, 2.75) is 25.2 Å². The number of carbonyl (C=O) groups is 1. The number of hydrogen-bond acceptors (Lipinski definition) is 6. The zero-order valence-corrected chi connectivity index (χ0v) is 17.5. The smallest absolute Gasteiger partial charge is 0.257 e. The molecule has 7 nitrogen and oxygen atoms in total. The van der Waals surface area contributed by atoms with Gasteiger partial charge in [-0.3, -0.25) is 4.79 Å². The fraction of sp³-hybridized carbons (Fsp3) is 0.435. The number of benzene rings is 2. The molecule has 2 saturated heterocycles. The Bertz CT molecular complexity index is 885. The Kier molecular flexibility index (Phi) is 6.11. The van der Waals surface area contributed by atoms with Gasteiger partial charge in [0.15, 0.2) is 0 Å². The van der Waals surface area contributed by atoms with E-state index in [-0.39, 0.29) is 24.2 Å². The molecule has 0 aromatic heterocycles. The number of fused-ring (bicyclic) bond motifs is 1. The number of aryl methyl sites for hydroxylation is 1. The van der Waals surface area contributed by atoms with E-state index in [1.807, 2.05) is 49.4 Å². The number of nitrogens with zero attached hydrogens (tertiary/aromatic N) is 1. The molecule has 0 spiro atoms. The van der Waals surface area contributed by atoms with Crippen LogP contribution in [0.1, 0.15) is 15.9 Å². The standard InChI is InChI=1S/C23H27NO6/c1-15-7-8-20(27-3)19(9-15)23(25)24-11-21-22(12-24)29-14-18(13-28-21)30-17-6-4-5-16(10-17)26-2/h4-10,18,21-22H,11-14H2,1-3H3/t21-,22-/m0/s1. The number of likely N-dealkylation sites (tertiary alicyclic amines) is 1. The molecule has 0 aliphatic carbocycles. The zero-order chi connectivity index (χ0) is 21.1. The van der Waals surface area contributed by atoms with Crippen molar-refractivity contribution in [1.82, 2.24) is 4.90 Å². The molecule has 2 aliphatic heterocycles. The van der Waals surface area contributed by atoms with Crippen molar-refractivity contribution in [3.05, 3.63) is 53.6 Å². The lowest BCUT2D eigenvalue weighted by Crippen LogP contribution is -2.33. The Morgan fingerprint density at radius 1 is 0.967 bits per heavy atom. The first-order chi connectivity index (χ1) is 14.6. The molecule has 0 unspecified atom stereocenters. The molecule has 2 aromatic rings. The van der Waals surface area contributed by atoms with Crippen LogP contribution in [0.4, 0.5) is 0 Å². The molecular weight excluding hydrogens is 386 g/mol. The minimum absolute atomic E-state index is 0.0694. The van der Waals surface area contributed by atoms with Crippen LogP contribution in [0.3, 0.4) is 0 Å². The maximum Gasteiger partial charge on any atom is 0.257 e. The molecule has 0 bridgehead atoms. The zero-order valence-electron chi connectivity index (χ0n) is 17.5. The molecule has 0 N–H and O–H groups in total. The highest BCUT2D eigenvalue weighted by Crippen LogP contribution is 2.27. The van der Waals surface area contributed by atoms with Gasteiger partial charge < -0.3 is 28.6 Å². The van der Waals surface area contributed by atoms with Gasteiger partial charge in [0.2, 0.25) is 0 Å². The number of rotatable bonds is 5. The van der Waals surface area contributed by atoms with Gasteiger partial charge >= 0.3 is 0 Å². The van der Waals surface area contributed by atoms with Crippen molar-refractivity contribution in [1.29, 1.82) is 0 Å². The number of methoxy groups -OCH3 is 2. The maximum atomic E-state index is 13.1. The van der Waals surface area contributed by atoms with E-state index in [0.29, 0.717) is 43.4 Å². The Balaban J connectivity index is 1.38. The van der Waals surface area contributed by atoms with Gasteiger partial charge in [0.05, 0.1) is 33.0 Å². The molecule has 0 saturated carbocycles. The molecule has 160 valence electrons. The van der Waals surface area contributed by atoms with Crippen molar-refractivity contribution in [3.8, 4) is 17.2 Å². The number of amides is 1. The van der Waals surface area contributed by atoms with E-state index in [1.165, 1.54) is 0 Å². The van der Waals surface area contributed by atoms with Gasteiger partial charge in [0.1, 0.15) is 35.6 Å². The summed E-state index contributed by atoms with van der Waals surface area (Å²) in [5.74, 6) is 1.95. The second-order valence-electron chi connectivity index (χ2n) is 7.58. The molecule has 2 heterocycles. The van der Waals surface area contributed by atoms with Crippen LogP contribution in [-0.4, -0.2) is 69.6 Å². The van der Waals surface area contributed by atoms with E-state index in [2.05, 4.69) is 0 Å². The van der Waals surface area contributed by atoms with Crippen molar-refractivity contribution >= 4 is 5.91 Å². The lowest BCUT2D eigenvalue weighted by atomic mass is 10.1. The summed E-state index contributed by atoms with van der Waals surface area (Å²) in [4.78, 5) is 14.8. The highest BCUT2D eigenvalue weighted by Gasteiger charge is 2.40. The van der Waals surface area contributed by atoms with Crippen LogP contribution in [0.5, 0.6) is 17.2 Å². The topological polar surface area (TPSA) is 66.5 Å². The van der Waals surface area contributed by atoms with Crippen LogP contribution in [0, 0.1) is 6.92 Å². The minimum Gasteiger partial charge on any atom is -0.497 e. The lowest BCUT2D eigenvalue weighted by Gasteiger charge is -2.20. The van der Waals surface area contributed by atoms with Gasteiger partial charge in [-0.2, -0.15) is 0 Å². The third-order valence-corrected chi connectivity index (χ3v) is 5.42. The molecule has 7 heteroatoms. The summed E-state index contributed by atoms with van der Waals surface area (Å²) in [7, 11) is 3.20. The third-order valence-electron chi connectivity index (χ3n) is 5.42. The van der Waals surface area contributed by atoms with Crippen LogP contribution in [0.2, 0.25) is 0 Å². The van der Waals surface area contributed by atoms with Crippen molar-refractivity contribution in [2.24, 2.45) is 0 Å². The van der Waals surface area contributed by atoms with Crippen molar-refractivity contribution in [3.63, 3.8) is 0 Å². The number of ether oxygens (including phenoxy) is 5. The average molecular weight is 413 g/mol. The average Bonchev–Trinajstić information content (AvgIpc) is 3.09. The first-order valence-corrected chi connectivity index (χ1v) is 10.0. The molecular formula is C23H27NO6. The molecule has 2 fully saturated rings. The fourth-order valence-corrected chi connectivity index (χ4v) is 3.83. The van der Waals surface area contributed by atoms with E-state index in [0.717, 1.165) is 11.3 Å². The van der Waals surface area contributed by atoms with Gasteiger partial charge in [-0.15, -0.1) is 0 Å². The predicted molar refractivity (Wildman–Crippen MR) is 111 cm³/mol. The molecule has 2 atom stereocenters. The van der Waals surface area contributed by atoms with E-state index in [9.17, 15) is 4.79 Å². The number of hydrogen-bond donors (Lipinski definition) is 0. The van der Waals surface area contributed by atoms with Crippen molar-refractivity contribution in [2.75, 3.05) is 40.5 Å². The minimum atomic E-state index is -0.219. The largest absolute Gasteiger partial charge is 0.497 e. The highest BCUT2D eigenvalue weighted by atomic mass is 16.6. The lowest BCUT2D eigenvalue weighted by molar-refractivity contribution is -0.00461. The summed E-state index contributed by atoms with van der Waals surface area (Å²) in [6.07, 6.45) is -0.573. The quantitative estimate of drug-likeness (QED) is 0.751. The second-order valence-corrected chi connectivity index (χ2v) is 7.58. The summed E-state index contributed by atoms with van der Waals surface area (Å²) in [5.41, 5.74) is 1.57. The van der Waals surface area contributed by atoms with Gasteiger partial charge in [0.25, 0.3) is 5.91 Å². The monoisotopic (exact) mass is 413 g/mol. The maximum absolute atomic E-state index is 13.1. The van der Waals surface area contributed by atoms with E-state index in [1.54, 1.807) is 19.1 Å².